The average Bonchev–Trinajstić information content (AvgIpc) is 2.89. The molecule has 2 heterocycles. The van der Waals surface area contributed by atoms with Gasteiger partial charge in [-0.3, -0.25) is 4.79 Å². The lowest BCUT2D eigenvalue weighted by molar-refractivity contribution is -0.152. The van der Waals surface area contributed by atoms with Crippen molar-refractivity contribution in [3.05, 3.63) is 12.2 Å². The SMILES string of the molecule is O=C1OC/C=C/CCCCCCC(=O)N2CCC[C@@H]12. The van der Waals surface area contributed by atoms with E-state index < -0.39 is 0 Å². The van der Waals surface area contributed by atoms with E-state index in [-0.39, 0.29) is 17.9 Å². The maximum Gasteiger partial charge on any atom is 0.329 e. The van der Waals surface area contributed by atoms with Crippen molar-refractivity contribution in [3.8, 4) is 0 Å². The van der Waals surface area contributed by atoms with E-state index in [1.54, 1.807) is 4.90 Å². The Balaban J connectivity index is 1.98. The largest absolute Gasteiger partial charge is 0.460 e. The zero-order chi connectivity index (χ0) is 13.5. The third-order valence-corrected chi connectivity index (χ3v) is 3.85. The number of hydrogen-bond acceptors (Lipinski definition) is 3. The number of amides is 1. The Labute approximate surface area is 114 Å². The Bertz CT molecular complexity index is 351. The van der Waals surface area contributed by atoms with E-state index in [1.165, 1.54) is 6.42 Å². The lowest BCUT2D eigenvalue weighted by atomic mass is 10.1. The zero-order valence-corrected chi connectivity index (χ0v) is 11.5. The Morgan fingerprint density at radius 3 is 2.79 bits per heavy atom. The number of rotatable bonds is 0. The predicted molar refractivity (Wildman–Crippen MR) is 72.5 cm³/mol. The van der Waals surface area contributed by atoms with E-state index in [2.05, 4.69) is 6.08 Å². The molecule has 0 aromatic carbocycles. The summed E-state index contributed by atoms with van der Waals surface area (Å²) in [5.74, 6) is -0.125. The van der Waals surface area contributed by atoms with Crippen LogP contribution in [-0.4, -0.2) is 36.0 Å². The molecule has 0 spiro atoms. The molecule has 0 aliphatic carbocycles. The second-order valence-corrected chi connectivity index (χ2v) is 5.30. The Morgan fingerprint density at radius 1 is 1.05 bits per heavy atom. The van der Waals surface area contributed by atoms with Crippen molar-refractivity contribution in [1.29, 1.82) is 0 Å². The molecule has 4 nitrogen and oxygen atoms in total. The maximum atomic E-state index is 12.1. The fraction of sp³-hybridized carbons (Fsp3) is 0.733. The first-order valence-corrected chi connectivity index (χ1v) is 7.40. The van der Waals surface area contributed by atoms with Gasteiger partial charge in [0.2, 0.25) is 5.91 Å². The smallest absolute Gasteiger partial charge is 0.329 e. The molecule has 1 amide bonds. The fourth-order valence-corrected chi connectivity index (χ4v) is 2.76. The van der Waals surface area contributed by atoms with Crippen LogP contribution in [0.1, 0.15) is 51.4 Å². The fourth-order valence-electron chi connectivity index (χ4n) is 2.76. The molecular formula is C15H23NO3. The maximum absolute atomic E-state index is 12.1. The molecule has 2 rings (SSSR count). The Hall–Kier alpha value is -1.32. The molecule has 0 unspecified atom stereocenters. The van der Waals surface area contributed by atoms with Crippen LogP contribution in [0.2, 0.25) is 0 Å². The standard InChI is InChI=1S/C15H23NO3/c17-14-10-6-4-2-1-3-5-7-12-19-15(18)13-9-8-11-16(13)14/h5,7,13H,1-4,6,8-12H2/b7-5+/t13-/m0/s1. The van der Waals surface area contributed by atoms with Crippen LogP contribution in [0.3, 0.4) is 0 Å². The van der Waals surface area contributed by atoms with Gasteiger partial charge in [0.05, 0.1) is 0 Å². The number of hydrogen-bond donors (Lipinski definition) is 0. The van der Waals surface area contributed by atoms with Gasteiger partial charge < -0.3 is 9.64 Å². The van der Waals surface area contributed by atoms with Crippen molar-refractivity contribution >= 4 is 11.9 Å². The Kier molecular flexibility index (Phi) is 5.43. The van der Waals surface area contributed by atoms with Gasteiger partial charge in [-0.25, -0.2) is 4.79 Å². The van der Waals surface area contributed by atoms with E-state index in [1.807, 2.05) is 6.08 Å². The van der Waals surface area contributed by atoms with Gasteiger partial charge >= 0.3 is 5.97 Å². The van der Waals surface area contributed by atoms with Crippen molar-refractivity contribution in [2.45, 2.75) is 57.4 Å². The molecule has 0 N–H and O–H groups in total. The van der Waals surface area contributed by atoms with Gasteiger partial charge in [0.1, 0.15) is 12.6 Å². The molecule has 4 heteroatoms. The first kappa shape index (κ1) is 14.1. The Morgan fingerprint density at radius 2 is 1.89 bits per heavy atom. The average molecular weight is 265 g/mol. The molecule has 0 aromatic rings. The quantitative estimate of drug-likeness (QED) is 0.499. The van der Waals surface area contributed by atoms with Crippen LogP contribution in [0.4, 0.5) is 0 Å². The number of ether oxygens (including phenoxy) is 1. The number of nitrogens with zero attached hydrogens (tertiary/aromatic N) is 1. The summed E-state index contributed by atoms with van der Waals surface area (Å²) < 4.78 is 5.23. The minimum atomic E-state index is -0.344. The van der Waals surface area contributed by atoms with E-state index in [9.17, 15) is 9.59 Å². The topological polar surface area (TPSA) is 46.6 Å². The van der Waals surface area contributed by atoms with Gasteiger partial charge in [-0.1, -0.05) is 25.0 Å². The van der Waals surface area contributed by atoms with E-state index >= 15 is 0 Å². The van der Waals surface area contributed by atoms with Gasteiger partial charge in [0, 0.05) is 13.0 Å². The summed E-state index contributed by atoms with van der Waals surface area (Å²) >= 11 is 0. The molecule has 2 aliphatic rings. The highest BCUT2D eigenvalue weighted by atomic mass is 16.5. The van der Waals surface area contributed by atoms with E-state index in [0.717, 1.165) is 38.5 Å². The lowest BCUT2D eigenvalue weighted by Crippen LogP contribution is -2.41. The van der Waals surface area contributed by atoms with Gasteiger partial charge in [0.25, 0.3) is 0 Å². The molecule has 0 bridgehead atoms. The highest BCUT2D eigenvalue weighted by molar-refractivity contribution is 5.85. The molecule has 0 aromatic heterocycles. The van der Waals surface area contributed by atoms with E-state index in [4.69, 9.17) is 4.74 Å². The molecule has 1 saturated heterocycles. The third-order valence-electron chi connectivity index (χ3n) is 3.85. The first-order chi connectivity index (χ1) is 9.29. The number of cyclic esters (lactones) is 1. The molecule has 2 aliphatic heterocycles. The summed E-state index contributed by atoms with van der Waals surface area (Å²) in [6.45, 7) is 1.03. The summed E-state index contributed by atoms with van der Waals surface area (Å²) in [5, 5.41) is 0. The van der Waals surface area contributed by atoms with Crippen LogP contribution < -0.4 is 0 Å². The first-order valence-electron chi connectivity index (χ1n) is 7.40. The van der Waals surface area contributed by atoms with Crippen molar-refractivity contribution in [2.75, 3.05) is 13.2 Å². The highest BCUT2D eigenvalue weighted by Crippen LogP contribution is 2.20. The lowest BCUT2D eigenvalue weighted by Gasteiger charge is -2.23. The molecule has 0 saturated carbocycles. The normalized spacial score (nSPS) is 28.4. The van der Waals surface area contributed by atoms with Crippen molar-refractivity contribution in [1.82, 2.24) is 4.90 Å². The molecule has 1 fully saturated rings. The monoisotopic (exact) mass is 265 g/mol. The van der Waals surface area contributed by atoms with Crippen molar-refractivity contribution in [3.63, 3.8) is 0 Å². The predicted octanol–water partition coefficient (Wildman–Crippen LogP) is 2.43. The summed E-state index contributed by atoms with van der Waals surface area (Å²) in [4.78, 5) is 25.8. The number of fused-ring (bicyclic) bond motifs is 1. The van der Waals surface area contributed by atoms with Crippen LogP contribution in [-0.2, 0) is 14.3 Å². The number of esters is 1. The molecule has 0 radical (unpaired) electrons. The number of carbonyl (C=O) groups is 2. The van der Waals surface area contributed by atoms with Crippen LogP contribution in [0, 0.1) is 0 Å². The summed E-state index contributed by atoms with van der Waals surface area (Å²) in [6, 6.07) is -0.344. The second kappa shape index (κ2) is 7.31. The van der Waals surface area contributed by atoms with Crippen LogP contribution >= 0.6 is 0 Å². The number of allylic oxidation sites excluding steroid dienone is 1. The third kappa shape index (κ3) is 4.08. The van der Waals surface area contributed by atoms with Crippen LogP contribution in [0.5, 0.6) is 0 Å². The van der Waals surface area contributed by atoms with Gasteiger partial charge in [-0.2, -0.15) is 0 Å². The molecular weight excluding hydrogens is 242 g/mol. The van der Waals surface area contributed by atoms with Crippen LogP contribution in [0.15, 0.2) is 12.2 Å². The minimum Gasteiger partial charge on any atom is -0.460 e. The van der Waals surface area contributed by atoms with E-state index in [0.29, 0.717) is 19.6 Å². The number of carbonyl (C=O) groups excluding carboxylic acids is 2. The van der Waals surface area contributed by atoms with Gasteiger partial charge in [0.15, 0.2) is 0 Å². The van der Waals surface area contributed by atoms with Crippen LogP contribution in [0.25, 0.3) is 0 Å². The highest BCUT2D eigenvalue weighted by Gasteiger charge is 2.34. The van der Waals surface area contributed by atoms with Crippen molar-refractivity contribution < 1.29 is 14.3 Å². The summed E-state index contributed by atoms with van der Waals surface area (Å²) in [7, 11) is 0. The zero-order valence-electron chi connectivity index (χ0n) is 11.5. The minimum absolute atomic E-state index is 0.118. The summed E-state index contributed by atoms with van der Waals surface area (Å²) in [6.07, 6.45) is 11.6. The molecule has 106 valence electrons. The van der Waals surface area contributed by atoms with Crippen molar-refractivity contribution in [2.24, 2.45) is 0 Å². The molecule has 19 heavy (non-hydrogen) atoms. The van der Waals surface area contributed by atoms with Gasteiger partial charge in [-0.15, -0.1) is 0 Å². The molecule has 1 atom stereocenters. The summed E-state index contributed by atoms with van der Waals surface area (Å²) in [5.41, 5.74) is 0. The second-order valence-electron chi connectivity index (χ2n) is 5.30. The van der Waals surface area contributed by atoms with Gasteiger partial charge in [-0.05, 0) is 32.1 Å².